The molecule has 26 heavy (non-hydrogen) atoms. The number of fused-ring (bicyclic) bond motifs is 1. The highest BCUT2D eigenvalue weighted by Crippen LogP contribution is 2.34. The van der Waals surface area contributed by atoms with Gasteiger partial charge in [0.15, 0.2) is 5.13 Å². The molecule has 1 amide bonds. The van der Waals surface area contributed by atoms with E-state index in [1.807, 2.05) is 0 Å². The molecule has 8 nitrogen and oxygen atoms in total. The smallest absolute Gasteiger partial charge is 0.250 e. The second-order valence-electron chi connectivity index (χ2n) is 6.53. The predicted octanol–water partition coefficient (Wildman–Crippen LogP) is 0.484. The first kappa shape index (κ1) is 17.2. The third kappa shape index (κ3) is 3.78. The van der Waals surface area contributed by atoms with E-state index in [1.165, 1.54) is 17.3 Å². The molecule has 0 saturated carbocycles. The first-order valence-corrected chi connectivity index (χ1v) is 9.63. The molecule has 0 spiro atoms. The highest BCUT2D eigenvalue weighted by molar-refractivity contribution is 7.15. The van der Waals surface area contributed by atoms with Crippen molar-refractivity contribution >= 4 is 22.4 Å². The number of amides is 1. The molecule has 3 heterocycles. The fraction of sp³-hybridized carbons (Fsp3) is 0.529. The van der Waals surface area contributed by atoms with Crippen molar-refractivity contribution in [2.24, 2.45) is 5.92 Å². The Hall–Kier alpha value is -2.26. The molecular formula is C17H21N5O3S. The number of aromatic amines is 1. The monoisotopic (exact) mass is 375 g/mol. The lowest BCUT2D eigenvalue weighted by Gasteiger charge is -2.26. The van der Waals surface area contributed by atoms with E-state index < -0.39 is 0 Å². The summed E-state index contributed by atoms with van der Waals surface area (Å²) in [4.78, 5) is 38.6. The number of hydrogen-bond acceptors (Lipinski definition) is 7. The highest BCUT2D eigenvalue weighted by Gasteiger charge is 2.28. The largest absolute Gasteiger partial charge is 0.378 e. The van der Waals surface area contributed by atoms with Gasteiger partial charge in [-0.25, -0.2) is 9.97 Å². The van der Waals surface area contributed by atoms with E-state index in [-0.39, 0.29) is 23.9 Å². The number of rotatable bonds is 4. The summed E-state index contributed by atoms with van der Waals surface area (Å²) in [6.07, 6.45) is 3.73. The predicted molar refractivity (Wildman–Crippen MR) is 97.4 cm³/mol. The molecule has 2 aromatic heterocycles. The molecule has 0 aromatic carbocycles. The average Bonchev–Trinajstić information content (AvgIpc) is 3.10. The molecule has 138 valence electrons. The number of carbonyl (C=O) groups excluding carboxylic acids is 1. The van der Waals surface area contributed by atoms with Crippen LogP contribution in [0.4, 0.5) is 5.13 Å². The van der Waals surface area contributed by atoms with E-state index in [4.69, 9.17) is 9.72 Å². The fourth-order valence-electron chi connectivity index (χ4n) is 3.31. The number of nitrogens with one attached hydrogen (secondary N) is 2. The number of nitrogens with zero attached hydrogens (tertiary/aromatic N) is 3. The number of H-pyrrole nitrogens is 1. The van der Waals surface area contributed by atoms with E-state index in [0.29, 0.717) is 12.1 Å². The molecule has 0 bridgehead atoms. The molecule has 1 aliphatic carbocycles. The maximum absolute atomic E-state index is 12.5. The lowest BCUT2D eigenvalue weighted by molar-refractivity contribution is -0.125. The van der Waals surface area contributed by atoms with Crippen molar-refractivity contribution in [3.63, 3.8) is 0 Å². The van der Waals surface area contributed by atoms with Gasteiger partial charge in [0.2, 0.25) is 5.91 Å². The zero-order valence-electron chi connectivity index (χ0n) is 14.4. The van der Waals surface area contributed by atoms with E-state index in [0.717, 1.165) is 50.0 Å². The molecule has 2 N–H and O–H groups in total. The molecule has 2 aromatic rings. The Morgan fingerprint density at radius 1 is 1.42 bits per heavy atom. The van der Waals surface area contributed by atoms with Crippen LogP contribution in [0.2, 0.25) is 0 Å². The number of aryl methyl sites for hydroxylation is 1. The van der Waals surface area contributed by atoms with Crippen LogP contribution in [0.15, 0.2) is 17.2 Å². The summed E-state index contributed by atoms with van der Waals surface area (Å²) >= 11 is 1.75. The third-order valence-corrected chi connectivity index (χ3v) is 5.98. The molecule has 1 atom stereocenters. The Morgan fingerprint density at radius 2 is 2.27 bits per heavy atom. The van der Waals surface area contributed by atoms with Crippen LogP contribution in [-0.4, -0.2) is 47.2 Å². The fourth-order valence-corrected chi connectivity index (χ4v) is 4.46. The Labute approximate surface area is 154 Å². The molecule has 0 radical (unpaired) electrons. The van der Waals surface area contributed by atoms with Gasteiger partial charge in [0, 0.05) is 36.4 Å². The quantitative estimate of drug-likeness (QED) is 0.806. The first-order chi connectivity index (χ1) is 12.7. The van der Waals surface area contributed by atoms with Crippen LogP contribution < -0.4 is 15.8 Å². The number of thiazole rings is 1. The van der Waals surface area contributed by atoms with Crippen LogP contribution in [0.25, 0.3) is 0 Å². The van der Waals surface area contributed by atoms with Crippen molar-refractivity contribution < 1.29 is 9.53 Å². The van der Waals surface area contributed by atoms with Gasteiger partial charge in [-0.2, -0.15) is 0 Å². The highest BCUT2D eigenvalue weighted by atomic mass is 32.1. The standard InChI is InChI=1S/C17H21N5O3S/c23-15-8-12(19-10-20-15)9-18-16(24)11-1-2-14-13(7-11)21-17(26-14)22-3-5-25-6-4-22/h8,10-11H,1-7,9H2,(H,18,24)(H,19,20,23). The SMILES string of the molecule is O=C(NCc1cc(=O)[nH]cn1)C1CCc2sc(N3CCOCC3)nc2C1. The van der Waals surface area contributed by atoms with E-state index in [1.54, 1.807) is 11.3 Å². The van der Waals surface area contributed by atoms with Gasteiger partial charge >= 0.3 is 0 Å². The molecule has 2 aliphatic rings. The first-order valence-electron chi connectivity index (χ1n) is 8.81. The molecule has 1 saturated heterocycles. The van der Waals surface area contributed by atoms with E-state index in [9.17, 15) is 9.59 Å². The summed E-state index contributed by atoms with van der Waals surface area (Å²) in [5, 5.41) is 3.94. The molecule has 4 rings (SSSR count). The zero-order chi connectivity index (χ0) is 17.9. The van der Waals surface area contributed by atoms with Gasteiger partial charge in [-0.15, -0.1) is 11.3 Å². The minimum absolute atomic E-state index is 0.00125. The van der Waals surface area contributed by atoms with Crippen molar-refractivity contribution in [3.8, 4) is 0 Å². The van der Waals surface area contributed by atoms with Crippen LogP contribution in [0, 0.1) is 5.92 Å². The van der Waals surface area contributed by atoms with E-state index >= 15 is 0 Å². The van der Waals surface area contributed by atoms with Gasteiger partial charge in [0.25, 0.3) is 5.56 Å². The Kier molecular flexibility index (Phi) is 4.98. The number of morpholine rings is 1. The minimum atomic E-state index is -0.218. The number of ether oxygens (including phenoxy) is 1. The van der Waals surface area contributed by atoms with Crippen LogP contribution in [-0.2, 0) is 28.9 Å². The summed E-state index contributed by atoms with van der Waals surface area (Å²) in [5.74, 6) is -0.0808. The molecule has 1 unspecified atom stereocenters. The van der Waals surface area contributed by atoms with Gasteiger partial charge in [-0.05, 0) is 12.8 Å². The Balaban J connectivity index is 1.37. The molecular weight excluding hydrogens is 354 g/mol. The second-order valence-corrected chi connectivity index (χ2v) is 7.59. The van der Waals surface area contributed by atoms with E-state index in [2.05, 4.69) is 20.2 Å². The maximum Gasteiger partial charge on any atom is 0.250 e. The van der Waals surface area contributed by atoms with Crippen LogP contribution in [0.1, 0.15) is 22.7 Å². The van der Waals surface area contributed by atoms with Gasteiger partial charge < -0.3 is 19.9 Å². The summed E-state index contributed by atoms with van der Waals surface area (Å²) in [7, 11) is 0. The second kappa shape index (κ2) is 7.55. The van der Waals surface area contributed by atoms with Crippen LogP contribution in [0.3, 0.4) is 0 Å². The third-order valence-electron chi connectivity index (χ3n) is 4.76. The molecule has 9 heteroatoms. The molecule has 1 fully saturated rings. The number of anilines is 1. The average molecular weight is 375 g/mol. The number of hydrogen-bond donors (Lipinski definition) is 2. The lowest BCUT2D eigenvalue weighted by Crippen LogP contribution is -2.36. The van der Waals surface area contributed by atoms with Gasteiger partial charge in [0.1, 0.15) is 0 Å². The van der Waals surface area contributed by atoms with Crippen LogP contribution >= 0.6 is 11.3 Å². The normalized spacial score (nSPS) is 19.8. The minimum Gasteiger partial charge on any atom is -0.378 e. The lowest BCUT2D eigenvalue weighted by atomic mass is 9.90. The van der Waals surface area contributed by atoms with Crippen molar-refractivity contribution in [2.45, 2.75) is 25.8 Å². The Morgan fingerprint density at radius 3 is 3.08 bits per heavy atom. The summed E-state index contributed by atoms with van der Waals surface area (Å²) < 4.78 is 5.40. The van der Waals surface area contributed by atoms with Gasteiger partial charge in [-0.3, -0.25) is 9.59 Å². The topological polar surface area (TPSA) is 100 Å². The number of carbonyl (C=O) groups is 1. The summed E-state index contributed by atoms with van der Waals surface area (Å²) in [6, 6.07) is 1.40. The zero-order valence-corrected chi connectivity index (χ0v) is 15.2. The molecule has 1 aliphatic heterocycles. The summed E-state index contributed by atoms with van der Waals surface area (Å²) in [5.41, 5.74) is 1.39. The van der Waals surface area contributed by atoms with Crippen LogP contribution in [0.5, 0.6) is 0 Å². The maximum atomic E-state index is 12.5. The summed E-state index contributed by atoms with van der Waals surface area (Å²) in [6.45, 7) is 3.50. The van der Waals surface area contributed by atoms with Crippen molar-refractivity contribution in [1.29, 1.82) is 0 Å². The number of aromatic nitrogens is 3. The Bertz CT molecular complexity index is 843. The van der Waals surface area contributed by atoms with Crippen molar-refractivity contribution in [1.82, 2.24) is 20.3 Å². The van der Waals surface area contributed by atoms with Gasteiger partial charge in [0.05, 0.1) is 37.5 Å². The van der Waals surface area contributed by atoms with Crippen molar-refractivity contribution in [2.75, 3.05) is 31.2 Å². The van der Waals surface area contributed by atoms with Crippen molar-refractivity contribution in [3.05, 3.63) is 39.0 Å². The van der Waals surface area contributed by atoms with Gasteiger partial charge in [-0.1, -0.05) is 0 Å².